The average molecular weight is 418 g/mol. The normalized spacial score (nSPS) is 13.9. The molecule has 1 atom stereocenters. The van der Waals surface area contributed by atoms with Gasteiger partial charge in [0, 0.05) is 49.2 Å². The van der Waals surface area contributed by atoms with E-state index in [9.17, 15) is 14.0 Å². The van der Waals surface area contributed by atoms with Gasteiger partial charge in [0.2, 0.25) is 5.91 Å². The summed E-state index contributed by atoms with van der Waals surface area (Å²) in [6, 6.07) is 14.6. The molecule has 0 saturated heterocycles. The Morgan fingerprint density at radius 2 is 1.81 bits per heavy atom. The second-order valence-corrected chi connectivity index (χ2v) is 7.60. The largest absolute Gasteiger partial charge is 0.338 e. The number of fused-ring (bicyclic) bond motifs is 1. The van der Waals surface area contributed by atoms with Gasteiger partial charge in [0.05, 0.1) is 0 Å². The van der Waals surface area contributed by atoms with Crippen molar-refractivity contribution in [3.05, 3.63) is 95.1 Å². The van der Waals surface area contributed by atoms with Crippen molar-refractivity contribution < 1.29 is 14.0 Å². The summed E-state index contributed by atoms with van der Waals surface area (Å²) in [5.41, 5.74) is 10.1. The molecule has 0 spiro atoms. The number of nitrogens with two attached hydrogens (primary N) is 1. The van der Waals surface area contributed by atoms with Crippen molar-refractivity contribution in [1.29, 1.82) is 0 Å². The van der Waals surface area contributed by atoms with Crippen molar-refractivity contribution in [2.45, 2.75) is 25.4 Å². The van der Waals surface area contributed by atoms with Crippen molar-refractivity contribution in [1.82, 2.24) is 9.88 Å². The van der Waals surface area contributed by atoms with Gasteiger partial charge in [0.25, 0.3) is 5.91 Å². The summed E-state index contributed by atoms with van der Waals surface area (Å²) in [5, 5.41) is 2.80. The van der Waals surface area contributed by atoms with E-state index < -0.39 is 6.04 Å². The second-order valence-electron chi connectivity index (χ2n) is 7.60. The van der Waals surface area contributed by atoms with Gasteiger partial charge in [-0.15, -0.1) is 0 Å². The Morgan fingerprint density at radius 3 is 2.55 bits per heavy atom. The van der Waals surface area contributed by atoms with Gasteiger partial charge in [-0.1, -0.05) is 18.2 Å². The van der Waals surface area contributed by atoms with Crippen LogP contribution in [0, 0.1) is 5.82 Å². The topological polar surface area (TPSA) is 88.3 Å². The molecule has 2 amide bonds. The average Bonchev–Trinajstić information content (AvgIpc) is 2.79. The fourth-order valence-electron chi connectivity index (χ4n) is 3.69. The fraction of sp³-hybridized carbons (Fsp3) is 0.208. The zero-order valence-electron chi connectivity index (χ0n) is 16.9. The predicted molar refractivity (Wildman–Crippen MR) is 116 cm³/mol. The summed E-state index contributed by atoms with van der Waals surface area (Å²) in [5.74, 6) is -0.596. The van der Waals surface area contributed by atoms with Crippen molar-refractivity contribution in [3.8, 4) is 0 Å². The molecule has 1 aliphatic rings. The molecule has 1 aliphatic heterocycles. The molecule has 0 aliphatic carbocycles. The van der Waals surface area contributed by atoms with E-state index in [0.717, 1.165) is 16.7 Å². The molecule has 2 aromatic carbocycles. The first-order chi connectivity index (χ1) is 15.0. The minimum absolute atomic E-state index is 0.0677. The summed E-state index contributed by atoms with van der Waals surface area (Å²) in [6.45, 7) is 0.991. The van der Waals surface area contributed by atoms with Crippen molar-refractivity contribution in [2.24, 2.45) is 5.73 Å². The monoisotopic (exact) mass is 418 g/mol. The SMILES string of the molecule is N[C@@H](CC(=O)N1CCc2ccc(F)cc2C1)c1ccc(C(=O)Nc2ccncc2)cc1. The van der Waals surface area contributed by atoms with Gasteiger partial charge in [-0.25, -0.2) is 4.39 Å². The molecule has 7 heteroatoms. The lowest BCUT2D eigenvalue weighted by atomic mass is 9.98. The number of amides is 2. The number of carbonyl (C=O) groups is 2. The van der Waals surface area contributed by atoms with Crippen LogP contribution in [-0.4, -0.2) is 28.2 Å². The lowest BCUT2D eigenvalue weighted by Crippen LogP contribution is -2.37. The highest BCUT2D eigenvalue weighted by Gasteiger charge is 2.23. The summed E-state index contributed by atoms with van der Waals surface area (Å²) in [6.07, 6.45) is 4.06. The molecule has 158 valence electrons. The van der Waals surface area contributed by atoms with Gasteiger partial charge in [-0.3, -0.25) is 14.6 Å². The third kappa shape index (κ3) is 4.95. The van der Waals surface area contributed by atoms with Gasteiger partial charge in [0.15, 0.2) is 0 Å². The van der Waals surface area contributed by atoms with Crippen LogP contribution in [0.1, 0.15) is 39.5 Å². The number of nitrogens with one attached hydrogen (secondary N) is 1. The number of anilines is 1. The quantitative estimate of drug-likeness (QED) is 0.664. The number of rotatable bonds is 5. The number of hydrogen-bond acceptors (Lipinski definition) is 4. The van der Waals surface area contributed by atoms with Crippen LogP contribution in [-0.2, 0) is 17.8 Å². The number of carbonyl (C=O) groups excluding carboxylic acids is 2. The standard InChI is InChI=1S/C24H23FN4O2/c25-20-6-5-16-9-12-29(15-19(16)13-20)23(30)14-22(26)17-1-3-18(4-2-17)24(31)28-21-7-10-27-11-8-21/h1-8,10-11,13,22H,9,12,14-15,26H2,(H,27,28,31)/t22-/m0/s1. The molecule has 3 N–H and O–H groups in total. The second kappa shape index (κ2) is 9.06. The molecule has 6 nitrogen and oxygen atoms in total. The molecule has 0 bridgehead atoms. The number of pyridine rings is 1. The number of benzene rings is 2. The third-order valence-corrected chi connectivity index (χ3v) is 5.47. The summed E-state index contributed by atoms with van der Waals surface area (Å²) in [4.78, 5) is 30.7. The zero-order valence-corrected chi connectivity index (χ0v) is 16.9. The molecule has 3 aromatic rings. The Bertz CT molecular complexity index is 1090. The summed E-state index contributed by atoms with van der Waals surface area (Å²) < 4.78 is 13.5. The van der Waals surface area contributed by atoms with Gasteiger partial charge >= 0.3 is 0 Å². The maximum Gasteiger partial charge on any atom is 0.255 e. The van der Waals surface area contributed by atoms with Crippen LogP contribution in [0.15, 0.2) is 67.0 Å². The Labute approximate surface area is 179 Å². The Hall–Kier alpha value is -3.58. The highest BCUT2D eigenvalue weighted by molar-refractivity contribution is 6.04. The molecule has 0 unspecified atom stereocenters. The first-order valence-corrected chi connectivity index (χ1v) is 10.1. The van der Waals surface area contributed by atoms with Crippen molar-refractivity contribution in [2.75, 3.05) is 11.9 Å². The molecular formula is C24H23FN4O2. The number of hydrogen-bond donors (Lipinski definition) is 2. The maximum atomic E-state index is 13.5. The Morgan fingerprint density at radius 1 is 1.06 bits per heavy atom. The smallest absolute Gasteiger partial charge is 0.255 e. The fourth-order valence-corrected chi connectivity index (χ4v) is 3.69. The first-order valence-electron chi connectivity index (χ1n) is 10.1. The summed E-state index contributed by atoms with van der Waals surface area (Å²) >= 11 is 0. The number of halogens is 1. The van der Waals surface area contributed by atoms with Gasteiger partial charge in [0.1, 0.15) is 5.82 Å². The first kappa shape index (κ1) is 20.7. The van der Waals surface area contributed by atoms with E-state index in [-0.39, 0.29) is 24.1 Å². The van der Waals surface area contributed by atoms with E-state index in [1.165, 1.54) is 12.1 Å². The molecule has 4 rings (SSSR count). The molecule has 0 radical (unpaired) electrons. The molecule has 1 aromatic heterocycles. The van der Waals surface area contributed by atoms with E-state index in [1.807, 2.05) is 0 Å². The van der Waals surface area contributed by atoms with Crippen LogP contribution < -0.4 is 11.1 Å². The Balaban J connectivity index is 1.36. The van der Waals surface area contributed by atoms with E-state index in [1.54, 1.807) is 59.8 Å². The highest BCUT2D eigenvalue weighted by atomic mass is 19.1. The number of nitrogens with zero attached hydrogens (tertiary/aromatic N) is 2. The van der Waals surface area contributed by atoms with Gasteiger partial charge < -0.3 is 16.0 Å². The molecule has 0 saturated carbocycles. The third-order valence-electron chi connectivity index (χ3n) is 5.47. The van der Waals surface area contributed by atoms with E-state index in [0.29, 0.717) is 30.8 Å². The van der Waals surface area contributed by atoms with Crippen molar-refractivity contribution >= 4 is 17.5 Å². The molecule has 2 heterocycles. The minimum atomic E-state index is -0.487. The van der Waals surface area contributed by atoms with E-state index in [2.05, 4.69) is 10.3 Å². The van der Waals surface area contributed by atoms with Crippen LogP contribution in [0.5, 0.6) is 0 Å². The Kier molecular flexibility index (Phi) is 6.04. The summed E-state index contributed by atoms with van der Waals surface area (Å²) in [7, 11) is 0. The van der Waals surface area contributed by atoms with Crippen LogP contribution >= 0.6 is 0 Å². The van der Waals surface area contributed by atoms with E-state index >= 15 is 0 Å². The predicted octanol–water partition coefficient (Wildman–Crippen LogP) is 3.45. The highest BCUT2D eigenvalue weighted by Crippen LogP contribution is 2.23. The zero-order chi connectivity index (χ0) is 21.8. The van der Waals surface area contributed by atoms with Crippen LogP contribution in [0.3, 0.4) is 0 Å². The van der Waals surface area contributed by atoms with Gasteiger partial charge in [-0.05, 0) is 59.5 Å². The van der Waals surface area contributed by atoms with Crippen LogP contribution in [0.2, 0.25) is 0 Å². The van der Waals surface area contributed by atoms with Crippen LogP contribution in [0.25, 0.3) is 0 Å². The minimum Gasteiger partial charge on any atom is -0.338 e. The molecule has 0 fully saturated rings. The molecular weight excluding hydrogens is 395 g/mol. The number of aromatic nitrogens is 1. The van der Waals surface area contributed by atoms with Crippen molar-refractivity contribution in [3.63, 3.8) is 0 Å². The lowest BCUT2D eigenvalue weighted by molar-refractivity contribution is -0.132. The van der Waals surface area contributed by atoms with Crippen LogP contribution in [0.4, 0.5) is 10.1 Å². The van der Waals surface area contributed by atoms with Gasteiger partial charge in [-0.2, -0.15) is 0 Å². The maximum absolute atomic E-state index is 13.5. The van der Waals surface area contributed by atoms with E-state index in [4.69, 9.17) is 5.73 Å². The lowest BCUT2D eigenvalue weighted by Gasteiger charge is -2.30. The molecule has 31 heavy (non-hydrogen) atoms.